The summed E-state index contributed by atoms with van der Waals surface area (Å²) in [6.07, 6.45) is 11.1. The van der Waals surface area contributed by atoms with Gasteiger partial charge in [0, 0.05) is 44.9 Å². The Morgan fingerprint density at radius 1 is 1.35 bits per heavy atom. The molecule has 0 heterocycles. The highest BCUT2D eigenvalue weighted by Crippen LogP contribution is 2.44. The van der Waals surface area contributed by atoms with Crippen molar-refractivity contribution in [2.75, 3.05) is 12.4 Å². The van der Waals surface area contributed by atoms with Gasteiger partial charge in [-0.2, -0.15) is 0 Å². The maximum atomic E-state index is 11.0. The molecule has 0 radical (unpaired) electrons. The second-order valence-corrected chi connectivity index (χ2v) is 10.7. The van der Waals surface area contributed by atoms with Crippen LogP contribution < -0.4 is 5.73 Å². The van der Waals surface area contributed by atoms with Gasteiger partial charge in [0.15, 0.2) is 0 Å². The molecule has 0 aliphatic heterocycles. The lowest BCUT2D eigenvalue weighted by Gasteiger charge is -2.21. The average Bonchev–Trinajstić information content (AvgIpc) is 2.93. The van der Waals surface area contributed by atoms with Crippen molar-refractivity contribution in [3.63, 3.8) is 0 Å². The van der Waals surface area contributed by atoms with E-state index >= 15 is 0 Å². The fraction of sp³-hybridized carbons (Fsp3) is 0.545. The fourth-order valence-electron chi connectivity index (χ4n) is 3.26. The predicted octanol–water partition coefficient (Wildman–Crippen LogP) is 5.97. The Morgan fingerprint density at radius 3 is 2.68 bits per heavy atom. The van der Waals surface area contributed by atoms with Crippen molar-refractivity contribution in [1.29, 1.82) is 0 Å². The van der Waals surface area contributed by atoms with Crippen LogP contribution in [0.15, 0.2) is 46.5 Å². The highest BCUT2D eigenvalue weighted by Gasteiger charge is 2.40. The molecule has 0 aromatic heterocycles. The number of esters is 1. The first-order valence-electron chi connectivity index (χ1n) is 10.0. The number of nitrogens with two attached hydrogens (primary N) is 1. The molecule has 0 aromatic carbocycles. The van der Waals surface area contributed by atoms with Gasteiger partial charge in [0.25, 0.3) is 0 Å². The summed E-state index contributed by atoms with van der Waals surface area (Å²) in [4.78, 5) is 22.6. The third-order valence-electron chi connectivity index (χ3n) is 4.77. The van der Waals surface area contributed by atoms with E-state index in [1.54, 1.807) is 23.9 Å². The largest absolute Gasteiger partial charge is 0.481 e. The van der Waals surface area contributed by atoms with Gasteiger partial charge in [0.2, 0.25) is 0 Å². The summed E-state index contributed by atoms with van der Waals surface area (Å²) in [6, 6.07) is 0. The standard InChI is InChI=1S/C22H30BrCl2NO4S/c1-14(24)9-18(11-17(26)12-30-15(2)27)31-13-19-16(10-20(23)22(19)25)7-5-3-4-6-8-21(28)29/h3,5,9,11,16,19-20,22H,1,4,6-8,10,12-13,26H2,2H3,(H,28,29)/b5-3-,17-11-,18-9+/t16-,19+,20?,22?/m0/s1. The lowest BCUT2D eigenvalue weighted by molar-refractivity contribution is -0.140. The summed E-state index contributed by atoms with van der Waals surface area (Å²) < 4.78 is 4.93. The zero-order valence-corrected chi connectivity index (χ0v) is 21.5. The Hall–Kier alpha value is -0.890. The van der Waals surface area contributed by atoms with Crippen molar-refractivity contribution < 1.29 is 19.4 Å². The molecule has 0 saturated heterocycles. The van der Waals surface area contributed by atoms with Crippen LogP contribution in [0.3, 0.4) is 0 Å². The first kappa shape index (κ1) is 28.1. The van der Waals surface area contributed by atoms with E-state index in [4.69, 9.17) is 38.8 Å². The molecule has 0 spiro atoms. The number of carbonyl (C=O) groups excluding carboxylic acids is 1. The minimum Gasteiger partial charge on any atom is -0.481 e. The molecule has 0 aromatic rings. The first-order valence-corrected chi connectivity index (χ1v) is 12.7. The van der Waals surface area contributed by atoms with Crippen LogP contribution in [0.25, 0.3) is 0 Å². The molecule has 1 fully saturated rings. The number of ether oxygens (including phenoxy) is 1. The lowest BCUT2D eigenvalue weighted by Crippen LogP contribution is -2.20. The van der Waals surface area contributed by atoms with Gasteiger partial charge in [-0.25, -0.2) is 0 Å². The van der Waals surface area contributed by atoms with Crippen molar-refractivity contribution in [3.05, 3.63) is 46.5 Å². The second kappa shape index (κ2) is 15.0. The number of rotatable bonds is 13. The maximum absolute atomic E-state index is 11.0. The summed E-state index contributed by atoms with van der Waals surface area (Å²) in [5.74, 6) is 0.308. The van der Waals surface area contributed by atoms with Gasteiger partial charge in [-0.15, -0.1) is 23.4 Å². The number of aliphatic carboxylic acids is 1. The molecular weight excluding hydrogens is 525 g/mol. The molecule has 174 valence electrons. The molecule has 3 N–H and O–H groups in total. The van der Waals surface area contributed by atoms with Crippen molar-refractivity contribution in [1.82, 2.24) is 0 Å². The topological polar surface area (TPSA) is 89.6 Å². The Morgan fingerprint density at radius 2 is 2.06 bits per heavy atom. The van der Waals surface area contributed by atoms with Gasteiger partial charge in [-0.3, -0.25) is 9.59 Å². The van der Waals surface area contributed by atoms with Crippen LogP contribution in [-0.4, -0.2) is 39.6 Å². The SMILES string of the molecule is C=C(Cl)/C=C(\C=C(/N)COC(C)=O)SC[C@H]1C(Cl)C(Br)C[C@@H]1C/C=C\CCCC(=O)O. The number of halogens is 3. The third-order valence-corrected chi connectivity index (χ3v) is 7.87. The number of hydrogen-bond donors (Lipinski definition) is 2. The van der Waals surface area contributed by atoms with Crippen LogP contribution in [0.5, 0.6) is 0 Å². The van der Waals surface area contributed by atoms with Gasteiger partial charge < -0.3 is 15.6 Å². The van der Waals surface area contributed by atoms with Crippen molar-refractivity contribution in [2.24, 2.45) is 17.6 Å². The zero-order chi connectivity index (χ0) is 23.4. The summed E-state index contributed by atoms with van der Waals surface area (Å²) in [7, 11) is 0. The first-order chi connectivity index (χ1) is 14.6. The zero-order valence-electron chi connectivity index (χ0n) is 17.6. The maximum Gasteiger partial charge on any atom is 0.303 e. The number of allylic oxidation sites excluding steroid dienone is 5. The van der Waals surface area contributed by atoms with Gasteiger partial charge >= 0.3 is 11.9 Å². The average molecular weight is 555 g/mol. The fourth-order valence-corrected chi connectivity index (χ4v) is 6.14. The number of carboxylic acid groups (broad SMARTS) is 1. The molecule has 31 heavy (non-hydrogen) atoms. The van der Waals surface area contributed by atoms with Gasteiger partial charge in [-0.1, -0.05) is 46.3 Å². The monoisotopic (exact) mass is 553 g/mol. The molecule has 4 atom stereocenters. The predicted molar refractivity (Wildman–Crippen MR) is 134 cm³/mol. The van der Waals surface area contributed by atoms with Gasteiger partial charge in [-0.05, 0) is 49.7 Å². The van der Waals surface area contributed by atoms with E-state index < -0.39 is 11.9 Å². The minimum atomic E-state index is -0.764. The summed E-state index contributed by atoms with van der Waals surface area (Å²) >= 11 is 17.9. The number of carboxylic acids is 1. The lowest BCUT2D eigenvalue weighted by atomic mass is 9.94. The van der Waals surface area contributed by atoms with Gasteiger partial charge in [0.1, 0.15) is 6.61 Å². The number of hydrogen-bond acceptors (Lipinski definition) is 5. The minimum absolute atomic E-state index is 0.000682. The van der Waals surface area contributed by atoms with Crippen LogP contribution >= 0.6 is 50.9 Å². The molecular formula is C22H30BrCl2NO4S. The Bertz CT molecular complexity index is 726. The van der Waals surface area contributed by atoms with E-state index in [2.05, 4.69) is 34.7 Å². The van der Waals surface area contributed by atoms with Crippen LogP contribution in [0, 0.1) is 11.8 Å². The second-order valence-electron chi connectivity index (χ2n) is 7.42. The molecule has 1 aliphatic carbocycles. The van der Waals surface area contributed by atoms with Crippen molar-refractivity contribution >= 4 is 62.8 Å². The Kier molecular flexibility index (Phi) is 13.7. The summed E-state index contributed by atoms with van der Waals surface area (Å²) in [6.45, 7) is 5.06. The van der Waals surface area contributed by atoms with E-state index in [9.17, 15) is 9.59 Å². The van der Waals surface area contributed by atoms with Crippen LogP contribution in [0.1, 0.15) is 39.0 Å². The molecule has 1 aliphatic rings. The van der Waals surface area contributed by atoms with Gasteiger partial charge in [0.05, 0.1) is 0 Å². The van der Waals surface area contributed by atoms with E-state index in [1.807, 2.05) is 0 Å². The normalized spacial score (nSPS) is 24.5. The van der Waals surface area contributed by atoms with E-state index in [0.29, 0.717) is 23.1 Å². The summed E-state index contributed by atoms with van der Waals surface area (Å²) in [5.41, 5.74) is 6.38. The smallest absolute Gasteiger partial charge is 0.303 e. The van der Waals surface area contributed by atoms with Crippen molar-refractivity contribution in [2.45, 2.75) is 49.2 Å². The number of carbonyl (C=O) groups is 2. The highest BCUT2D eigenvalue weighted by molar-refractivity contribution is 9.09. The quantitative estimate of drug-likeness (QED) is 0.0958. The molecule has 0 amide bonds. The molecule has 2 unspecified atom stereocenters. The molecule has 1 saturated carbocycles. The van der Waals surface area contributed by atoms with Crippen LogP contribution in [0.2, 0.25) is 0 Å². The molecule has 0 bridgehead atoms. The Balaban J connectivity index is 2.71. The highest BCUT2D eigenvalue weighted by atomic mass is 79.9. The van der Waals surface area contributed by atoms with Crippen molar-refractivity contribution in [3.8, 4) is 0 Å². The molecule has 9 heteroatoms. The number of alkyl halides is 2. The molecule has 5 nitrogen and oxygen atoms in total. The third kappa shape index (κ3) is 12.1. The van der Waals surface area contributed by atoms with E-state index in [-0.39, 0.29) is 29.1 Å². The van der Waals surface area contributed by atoms with E-state index in [0.717, 1.165) is 29.9 Å². The number of unbranched alkanes of at least 4 members (excludes halogenated alkanes) is 1. The van der Waals surface area contributed by atoms with E-state index in [1.165, 1.54) is 6.92 Å². The molecule has 1 rings (SSSR count). The number of thioether (sulfide) groups is 1. The van der Waals surface area contributed by atoms with Crippen LogP contribution in [-0.2, 0) is 14.3 Å². The Labute approximate surface area is 207 Å². The van der Waals surface area contributed by atoms with Crippen LogP contribution in [0.4, 0.5) is 0 Å². The summed E-state index contributed by atoms with van der Waals surface area (Å²) in [5, 5.41) is 9.09.